The smallest absolute Gasteiger partial charge is 0.0954 e. The molecule has 0 radical (unpaired) electrons. The zero-order valence-electron chi connectivity index (χ0n) is 12.7. The van der Waals surface area contributed by atoms with Crippen LogP contribution < -0.4 is 5.32 Å². The van der Waals surface area contributed by atoms with Crippen molar-refractivity contribution in [1.29, 1.82) is 0 Å². The zero-order chi connectivity index (χ0) is 16.2. The Kier molecular flexibility index (Phi) is 5.87. The van der Waals surface area contributed by atoms with Crippen molar-refractivity contribution in [3.63, 3.8) is 0 Å². The largest absolute Gasteiger partial charge is 0.387 e. The molecule has 0 saturated heterocycles. The van der Waals surface area contributed by atoms with Crippen LogP contribution in [0, 0.1) is 0 Å². The van der Waals surface area contributed by atoms with Gasteiger partial charge in [-0.25, -0.2) is 4.98 Å². The van der Waals surface area contributed by atoms with Gasteiger partial charge in [0.25, 0.3) is 0 Å². The Morgan fingerprint density at radius 1 is 1.32 bits per heavy atom. The number of hydrogen-bond acceptors (Lipinski definition) is 3. The second-order valence-electron chi connectivity index (χ2n) is 5.85. The topological polar surface area (TPSA) is 60.9 Å². The molecular formula is C16H21Cl2N3O. The fourth-order valence-electron chi connectivity index (χ4n) is 2.29. The number of halogens is 2. The summed E-state index contributed by atoms with van der Waals surface area (Å²) in [5.41, 5.74) is 1.62. The predicted molar refractivity (Wildman–Crippen MR) is 90.3 cm³/mol. The Bertz CT molecular complexity index is 599. The molecule has 6 heteroatoms. The first-order chi connectivity index (χ1) is 10.4. The van der Waals surface area contributed by atoms with Gasteiger partial charge in [-0.3, -0.25) is 0 Å². The Hall–Kier alpha value is -1.07. The van der Waals surface area contributed by atoms with Crippen LogP contribution in [0.3, 0.4) is 0 Å². The number of nitrogens with one attached hydrogen (secondary N) is 2. The van der Waals surface area contributed by atoms with Crippen LogP contribution in [-0.2, 0) is 5.54 Å². The van der Waals surface area contributed by atoms with Gasteiger partial charge in [-0.2, -0.15) is 0 Å². The van der Waals surface area contributed by atoms with Gasteiger partial charge >= 0.3 is 0 Å². The van der Waals surface area contributed by atoms with Crippen LogP contribution >= 0.6 is 23.2 Å². The van der Waals surface area contributed by atoms with Crippen LogP contribution in [0.2, 0.25) is 10.0 Å². The maximum Gasteiger partial charge on any atom is 0.0954 e. The van der Waals surface area contributed by atoms with Gasteiger partial charge in [0.15, 0.2) is 0 Å². The average molecular weight is 342 g/mol. The van der Waals surface area contributed by atoms with E-state index in [1.165, 1.54) is 0 Å². The predicted octanol–water partition coefficient (Wildman–Crippen LogP) is 4.06. The van der Waals surface area contributed by atoms with Crippen LogP contribution in [0.15, 0.2) is 30.7 Å². The minimum Gasteiger partial charge on any atom is -0.387 e. The number of aromatic amines is 1. The van der Waals surface area contributed by atoms with Crippen molar-refractivity contribution in [3.8, 4) is 0 Å². The maximum absolute atomic E-state index is 9.99. The van der Waals surface area contributed by atoms with E-state index in [1.54, 1.807) is 12.5 Å². The summed E-state index contributed by atoms with van der Waals surface area (Å²) < 4.78 is 0. The van der Waals surface area contributed by atoms with Crippen LogP contribution in [0.1, 0.15) is 44.1 Å². The van der Waals surface area contributed by atoms with Crippen molar-refractivity contribution in [2.75, 3.05) is 6.54 Å². The summed E-state index contributed by atoms with van der Waals surface area (Å²) in [6.07, 6.45) is 4.25. The second-order valence-corrected chi connectivity index (χ2v) is 6.66. The van der Waals surface area contributed by atoms with Gasteiger partial charge in [-0.05, 0) is 50.9 Å². The number of rotatable bonds is 7. The fraction of sp³-hybridized carbons (Fsp3) is 0.438. The highest BCUT2D eigenvalue weighted by Crippen LogP contribution is 2.28. The Labute approximate surface area is 140 Å². The molecule has 0 spiro atoms. The zero-order valence-corrected chi connectivity index (χ0v) is 14.2. The van der Waals surface area contributed by atoms with E-state index in [1.807, 2.05) is 18.2 Å². The number of hydrogen-bond donors (Lipinski definition) is 3. The molecule has 2 rings (SSSR count). The summed E-state index contributed by atoms with van der Waals surface area (Å²) in [7, 11) is 0. The molecule has 0 saturated carbocycles. The molecular weight excluding hydrogens is 321 g/mol. The third-order valence-electron chi connectivity index (χ3n) is 3.74. The van der Waals surface area contributed by atoms with Crippen LogP contribution in [0.4, 0.5) is 0 Å². The molecule has 120 valence electrons. The van der Waals surface area contributed by atoms with E-state index >= 15 is 0 Å². The number of aliphatic hydroxyl groups excluding tert-OH is 1. The number of aliphatic hydroxyl groups is 1. The molecule has 0 bridgehead atoms. The molecule has 2 aromatic rings. The summed E-state index contributed by atoms with van der Waals surface area (Å²) in [6, 6.07) is 5.67. The van der Waals surface area contributed by atoms with Crippen molar-refractivity contribution in [2.24, 2.45) is 0 Å². The number of nitrogens with zero attached hydrogens (tertiary/aromatic N) is 1. The van der Waals surface area contributed by atoms with Crippen LogP contribution in [-0.4, -0.2) is 21.6 Å². The maximum atomic E-state index is 9.99. The first kappa shape index (κ1) is 17.3. The molecule has 0 fully saturated rings. The van der Waals surface area contributed by atoms with E-state index in [0.29, 0.717) is 16.5 Å². The van der Waals surface area contributed by atoms with Crippen molar-refractivity contribution >= 4 is 23.2 Å². The van der Waals surface area contributed by atoms with E-state index in [9.17, 15) is 5.11 Å². The molecule has 1 heterocycles. The van der Waals surface area contributed by atoms with Gasteiger partial charge in [0.2, 0.25) is 0 Å². The Balaban J connectivity index is 1.83. The lowest BCUT2D eigenvalue weighted by molar-refractivity contribution is 0.159. The lowest BCUT2D eigenvalue weighted by Crippen LogP contribution is -2.37. The van der Waals surface area contributed by atoms with E-state index in [0.717, 1.165) is 24.2 Å². The summed E-state index contributed by atoms with van der Waals surface area (Å²) in [5, 5.41) is 14.6. The highest BCUT2D eigenvalue weighted by Gasteiger charge is 2.20. The minimum atomic E-state index is -0.502. The molecule has 3 N–H and O–H groups in total. The number of aromatic nitrogens is 2. The molecule has 4 nitrogen and oxygen atoms in total. The standard InChI is InChI=1S/C16H21Cl2N3O/c1-16(2,11-5-6-12(17)13(18)8-11)21-7-3-4-15(22)14-9-19-10-20-14/h5-6,8-10,15,21-22H,3-4,7H2,1-2H3,(H,19,20). The SMILES string of the molecule is CC(C)(NCCCC(O)c1cnc[nH]1)c1ccc(Cl)c(Cl)c1. The molecule has 0 aliphatic heterocycles. The summed E-state index contributed by atoms with van der Waals surface area (Å²) in [4.78, 5) is 6.83. The quantitative estimate of drug-likeness (QED) is 0.665. The van der Waals surface area contributed by atoms with Gasteiger partial charge in [0.05, 0.1) is 34.4 Å². The molecule has 1 aromatic heterocycles. The van der Waals surface area contributed by atoms with Gasteiger partial charge in [0, 0.05) is 5.54 Å². The van der Waals surface area contributed by atoms with E-state index in [2.05, 4.69) is 29.1 Å². The van der Waals surface area contributed by atoms with E-state index in [4.69, 9.17) is 23.2 Å². The lowest BCUT2D eigenvalue weighted by Gasteiger charge is -2.27. The molecule has 1 unspecified atom stereocenters. The number of imidazole rings is 1. The Morgan fingerprint density at radius 2 is 2.09 bits per heavy atom. The van der Waals surface area contributed by atoms with Gasteiger partial charge in [-0.15, -0.1) is 0 Å². The second kappa shape index (κ2) is 7.47. The normalized spacial score (nSPS) is 13.3. The minimum absolute atomic E-state index is 0.215. The van der Waals surface area contributed by atoms with Gasteiger partial charge < -0.3 is 15.4 Å². The van der Waals surface area contributed by atoms with Crippen LogP contribution in [0.5, 0.6) is 0 Å². The van der Waals surface area contributed by atoms with Crippen LogP contribution in [0.25, 0.3) is 0 Å². The molecule has 0 amide bonds. The van der Waals surface area contributed by atoms with Crippen molar-refractivity contribution < 1.29 is 5.11 Å². The van der Waals surface area contributed by atoms with Crippen molar-refractivity contribution in [1.82, 2.24) is 15.3 Å². The highest BCUT2D eigenvalue weighted by molar-refractivity contribution is 6.42. The molecule has 1 aromatic carbocycles. The monoisotopic (exact) mass is 341 g/mol. The molecule has 0 aliphatic rings. The molecule has 0 aliphatic carbocycles. The number of H-pyrrole nitrogens is 1. The fourth-order valence-corrected chi connectivity index (χ4v) is 2.59. The summed E-state index contributed by atoms with van der Waals surface area (Å²) in [6.45, 7) is 4.98. The van der Waals surface area contributed by atoms with E-state index < -0.39 is 6.10 Å². The first-order valence-electron chi connectivity index (χ1n) is 7.27. The third kappa shape index (κ3) is 4.46. The van der Waals surface area contributed by atoms with Gasteiger partial charge in [0.1, 0.15) is 0 Å². The summed E-state index contributed by atoms with van der Waals surface area (Å²) in [5.74, 6) is 0. The first-order valence-corrected chi connectivity index (χ1v) is 8.02. The van der Waals surface area contributed by atoms with Crippen molar-refractivity contribution in [3.05, 3.63) is 52.0 Å². The molecule has 22 heavy (non-hydrogen) atoms. The molecule has 1 atom stereocenters. The Morgan fingerprint density at radius 3 is 2.73 bits per heavy atom. The van der Waals surface area contributed by atoms with Gasteiger partial charge in [-0.1, -0.05) is 29.3 Å². The lowest BCUT2D eigenvalue weighted by atomic mass is 9.94. The highest BCUT2D eigenvalue weighted by atomic mass is 35.5. The third-order valence-corrected chi connectivity index (χ3v) is 4.48. The number of benzene rings is 1. The van der Waals surface area contributed by atoms with E-state index in [-0.39, 0.29) is 5.54 Å². The summed E-state index contributed by atoms with van der Waals surface area (Å²) >= 11 is 12.0. The van der Waals surface area contributed by atoms with Crippen molar-refractivity contribution in [2.45, 2.75) is 38.3 Å². The average Bonchev–Trinajstić information content (AvgIpc) is 3.00.